The molecule has 0 spiro atoms. The zero-order valence-electron chi connectivity index (χ0n) is 15.1. The van der Waals surface area contributed by atoms with Gasteiger partial charge in [0.25, 0.3) is 5.82 Å². The van der Waals surface area contributed by atoms with E-state index in [1.54, 1.807) is 6.07 Å². The Kier molecular flexibility index (Phi) is 5.44. The summed E-state index contributed by atoms with van der Waals surface area (Å²) in [5.74, 6) is 0.824. The van der Waals surface area contributed by atoms with E-state index in [9.17, 15) is 12.8 Å². The van der Waals surface area contributed by atoms with Gasteiger partial charge >= 0.3 is 0 Å². The predicted octanol–water partition coefficient (Wildman–Crippen LogP) is 0.821. The Morgan fingerprint density at radius 3 is 2.75 bits per heavy atom. The predicted molar refractivity (Wildman–Crippen MR) is 96.7 cm³/mol. The molecule has 1 saturated heterocycles. The Labute approximate surface area is 162 Å². The van der Waals surface area contributed by atoms with Gasteiger partial charge in [-0.1, -0.05) is 0 Å². The SMILES string of the molecule is O=S(=O)(NCc1cc(F)cc2c1OCOC2)c1ccc(N2CCOCC2)[nH+]c1. The van der Waals surface area contributed by atoms with Crippen molar-refractivity contribution in [1.29, 1.82) is 0 Å². The highest BCUT2D eigenvalue weighted by molar-refractivity contribution is 7.89. The van der Waals surface area contributed by atoms with Crippen molar-refractivity contribution in [3.63, 3.8) is 0 Å². The van der Waals surface area contributed by atoms with Crippen LogP contribution in [0, 0.1) is 5.82 Å². The summed E-state index contributed by atoms with van der Waals surface area (Å²) in [7, 11) is -3.78. The van der Waals surface area contributed by atoms with Gasteiger partial charge in [0.15, 0.2) is 6.79 Å². The summed E-state index contributed by atoms with van der Waals surface area (Å²) >= 11 is 0. The second-order valence-electron chi connectivity index (χ2n) is 6.50. The highest BCUT2D eigenvalue weighted by Gasteiger charge is 2.23. The topological polar surface area (TPSA) is 91.2 Å². The van der Waals surface area contributed by atoms with Crippen molar-refractivity contribution in [3.05, 3.63) is 47.4 Å². The fraction of sp³-hybridized carbons (Fsp3) is 0.389. The summed E-state index contributed by atoms with van der Waals surface area (Å²) < 4.78 is 57.4. The van der Waals surface area contributed by atoms with Crippen LogP contribution in [0.25, 0.3) is 0 Å². The number of sulfonamides is 1. The summed E-state index contributed by atoms with van der Waals surface area (Å²) in [4.78, 5) is 5.21. The highest BCUT2D eigenvalue weighted by atomic mass is 32.2. The zero-order valence-corrected chi connectivity index (χ0v) is 15.9. The molecule has 10 heteroatoms. The number of anilines is 1. The molecule has 0 amide bonds. The number of rotatable bonds is 5. The maximum Gasteiger partial charge on any atom is 0.274 e. The van der Waals surface area contributed by atoms with Crippen LogP contribution in [-0.2, 0) is 32.6 Å². The van der Waals surface area contributed by atoms with Crippen LogP contribution >= 0.6 is 0 Å². The van der Waals surface area contributed by atoms with Crippen molar-refractivity contribution < 1.29 is 32.0 Å². The second-order valence-corrected chi connectivity index (χ2v) is 8.26. The molecule has 2 aliphatic rings. The number of nitrogens with one attached hydrogen (secondary N) is 2. The van der Waals surface area contributed by atoms with E-state index in [1.807, 2.05) is 0 Å². The van der Waals surface area contributed by atoms with Crippen LogP contribution < -0.4 is 19.3 Å². The first-order valence-corrected chi connectivity index (χ1v) is 10.4. The number of benzene rings is 1. The van der Waals surface area contributed by atoms with Crippen LogP contribution in [0.4, 0.5) is 10.2 Å². The van der Waals surface area contributed by atoms with Gasteiger partial charge in [-0.05, 0) is 18.2 Å². The van der Waals surface area contributed by atoms with E-state index in [-0.39, 0.29) is 24.8 Å². The third-order valence-corrected chi connectivity index (χ3v) is 6.03. The van der Waals surface area contributed by atoms with Crippen molar-refractivity contribution >= 4 is 15.8 Å². The average molecular weight is 410 g/mol. The molecule has 2 N–H and O–H groups in total. The van der Waals surface area contributed by atoms with Gasteiger partial charge in [0.1, 0.15) is 35.7 Å². The maximum atomic E-state index is 13.8. The second kappa shape index (κ2) is 8.00. The summed E-state index contributed by atoms with van der Waals surface area (Å²) in [6, 6.07) is 5.85. The number of nitrogens with zero attached hydrogens (tertiary/aromatic N) is 1. The van der Waals surface area contributed by atoms with E-state index in [1.165, 1.54) is 24.4 Å². The minimum atomic E-state index is -3.78. The minimum absolute atomic E-state index is 0.0519. The van der Waals surface area contributed by atoms with Crippen LogP contribution in [0.15, 0.2) is 35.4 Å². The van der Waals surface area contributed by atoms with Gasteiger partial charge in [-0.15, -0.1) is 0 Å². The van der Waals surface area contributed by atoms with Crippen molar-refractivity contribution in [2.24, 2.45) is 0 Å². The smallest absolute Gasteiger partial charge is 0.274 e. The van der Waals surface area contributed by atoms with Crippen molar-refractivity contribution in [2.75, 3.05) is 38.0 Å². The number of pyridine rings is 1. The Bertz CT molecular complexity index is 946. The van der Waals surface area contributed by atoms with Gasteiger partial charge in [-0.2, -0.15) is 0 Å². The minimum Gasteiger partial charge on any atom is -0.467 e. The van der Waals surface area contributed by atoms with E-state index in [0.717, 1.165) is 18.9 Å². The molecule has 28 heavy (non-hydrogen) atoms. The number of hydrogen-bond donors (Lipinski definition) is 1. The van der Waals surface area contributed by atoms with Crippen molar-refractivity contribution in [3.8, 4) is 5.75 Å². The first-order valence-electron chi connectivity index (χ1n) is 8.89. The maximum absolute atomic E-state index is 13.8. The Morgan fingerprint density at radius 2 is 2.00 bits per heavy atom. The van der Waals surface area contributed by atoms with Crippen molar-refractivity contribution in [1.82, 2.24) is 4.72 Å². The molecule has 2 aromatic rings. The summed E-state index contributed by atoms with van der Waals surface area (Å²) in [6.45, 7) is 2.96. The van der Waals surface area contributed by atoms with E-state index >= 15 is 0 Å². The van der Waals surface area contributed by atoms with Crippen LogP contribution in [0.1, 0.15) is 11.1 Å². The average Bonchev–Trinajstić information content (AvgIpc) is 2.73. The van der Waals surface area contributed by atoms with Gasteiger partial charge in [-0.25, -0.2) is 22.5 Å². The lowest BCUT2D eigenvalue weighted by molar-refractivity contribution is -0.367. The molecule has 8 nitrogen and oxygen atoms in total. The zero-order chi connectivity index (χ0) is 19.6. The van der Waals surface area contributed by atoms with E-state index in [0.29, 0.717) is 30.1 Å². The molecule has 0 saturated carbocycles. The van der Waals surface area contributed by atoms with Gasteiger partial charge in [-0.3, -0.25) is 4.90 Å². The lowest BCUT2D eigenvalue weighted by Crippen LogP contribution is -2.39. The number of H-pyrrole nitrogens is 1. The number of ether oxygens (including phenoxy) is 3. The van der Waals surface area contributed by atoms with E-state index < -0.39 is 15.8 Å². The number of morpholine rings is 1. The Balaban J connectivity index is 1.48. The van der Waals surface area contributed by atoms with Gasteiger partial charge in [0.05, 0.1) is 19.8 Å². The summed E-state index contributed by atoms with van der Waals surface area (Å²) in [6.07, 6.45) is 1.44. The standard InChI is InChI=1S/C18H20FN3O5S/c19-15-7-13(18-14(8-15)11-26-12-27-18)9-21-28(23,24)16-1-2-17(20-10-16)22-3-5-25-6-4-22/h1-2,7-8,10,21H,3-6,9,11-12H2/p+1. The molecule has 0 radical (unpaired) electrons. The molecule has 1 fully saturated rings. The first kappa shape index (κ1) is 19.1. The van der Waals surface area contributed by atoms with E-state index in [4.69, 9.17) is 14.2 Å². The fourth-order valence-corrected chi connectivity index (χ4v) is 4.19. The van der Waals surface area contributed by atoms with Gasteiger partial charge in [0.2, 0.25) is 10.0 Å². The van der Waals surface area contributed by atoms with Crippen LogP contribution in [0.2, 0.25) is 0 Å². The molecule has 3 heterocycles. The first-order chi connectivity index (χ1) is 13.5. The van der Waals surface area contributed by atoms with Crippen molar-refractivity contribution in [2.45, 2.75) is 18.0 Å². The fourth-order valence-electron chi connectivity index (χ4n) is 3.21. The molecule has 2 aliphatic heterocycles. The van der Waals surface area contributed by atoms with Crippen LogP contribution in [0.3, 0.4) is 0 Å². The number of hydrogen-bond acceptors (Lipinski definition) is 6. The third-order valence-electron chi connectivity index (χ3n) is 4.63. The van der Waals surface area contributed by atoms with Gasteiger partial charge < -0.3 is 14.2 Å². The Morgan fingerprint density at radius 1 is 1.18 bits per heavy atom. The molecule has 0 atom stereocenters. The monoisotopic (exact) mass is 410 g/mol. The number of aromatic amines is 1. The number of aromatic nitrogens is 1. The molecular formula is C18H21FN3O5S+. The quantitative estimate of drug-likeness (QED) is 0.785. The van der Waals surface area contributed by atoms with Crippen LogP contribution in [-0.4, -0.2) is 41.5 Å². The van der Waals surface area contributed by atoms with Crippen LogP contribution in [0.5, 0.6) is 5.75 Å². The molecule has 1 aromatic carbocycles. The molecule has 0 bridgehead atoms. The molecule has 0 unspecified atom stereocenters. The molecule has 0 aliphatic carbocycles. The third kappa shape index (κ3) is 4.09. The lowest BCUT2D eigenvalue weighted by atomic mass is 10.1. The molecule has 150 valence electrons. The normalized spacial score (nSPS) is 17.1. The lowest BCUT2D eigenvalue weighted by Gasteiger charge is -2.21. The molecular weight excluding hydrogens is 389 g/mol. The highest BCUT2D eigenvalue weighted by Crippen LogP contribution is 2.29. The van der Waals surface area contributed by atoms with E-state index in [2.05, 4.69) is 14.6 Å². The summed E-state index contributed by atoms with van der Waals surface area (Å²) in [5.41, 5.74) is 0.986. The summed E-state index contributed by atoms with van der Waals surface area (Å²) in [5, 5.41) is 0. The number of fused-ring (bicyclic) bond motifs is 1. The molecule has 4 rings (SSSR count). The molecule has 1 aromatic heterocycles. The Hall–Kier alpha value is -2.27. The largest absolute Gasteiger partial charge is 0.467 e. The number of halogens is 1. The van der Waals surface area contributed by atoms with Gasteiger partial charge in [0, 0.05) is 23.7 Å².